The lowest BCUT2D eigenvalue weighted by molar-refractivity contribution is -0.995. The van der Waals surface area contributed by atoms with Crippen LogP contribution in [0, 0.1) is 10.4 Å². The normalized spacial score (nSPS) is 14.6. The quantitative estimate of drug-likeness (QED) is 0.347. The largest absolute Gasteiger partial charge is 0.595 e. The Labute approximate surface area is 166 Å². The summed E-state index contributed by atoms with van der Waals surface area (Å²) in [6, 6.07) is 0.487. The Morgan fingerprint density at radius 1 is 0.966 bits per heavy atom. The van der Waals surface area contributed by atoms with Crippen molar-refractivity contribution in [3.8, 4) is 0 Å². The van der Waals surface area contributed by atoms with E-state index < -0.39 is 66.9 Å². The minimum absolute atomic E-state index is 0.0808. The molecule has 1 aromatic carbocycles. The van der Waals surface area contributed by atoms with Crippen LogP contribution in [0.25, 0.3) is 0 Å². The van der Waals surface area contributed by atoms with Crippen molar-refractivity contribution in [3.63, 3.8) is 0 Å². The molecule has 0 aliphatic rings. The van der Waals surface area contributed by atoms with E-state index in [9.17, 15) is 47.2 Å². The third-order valence-corrected chi connectivity index (χ3v) is 4.11. The lowest BCUT2D eigenvalue weighted by Gasteiger charge is -2.24. The fourth-order valence-electron chi connectivity index (χ4n) is 2.17. The van der Waals surface area contributed by atoms with Crippen molar-refractivity contribution in [1.82, 2.24) is 4.98 Å². The van der Waals surface area contributed by atoms with Crippen LogP contribution >= 0.6 is 23.2 Å². The molecule has 0 fully saturated rings. The van der Waals surface area contributed by atoms with Gasteiger partial charge in [-0.15, -0.1) is 0 Å². The molecule has 2 unspecified atom stereocenters. The number of aromatic nitrogens is 1. The summed E-state index contributed by atoms with van der Waals surface area (Å²) >= 11 is 11.2. The third-order valence-electron chi connectivity index (χ3n) is 3.43. The number of pyridine rings is 1. The van der Waals surface area contributed by atoms with E-state index >= 15 is 0 Å². The number of benzene rings is 1. The number of hydrogen-bond acceptors (Lipinski definition) is 6. The van der Waals surface area contributed by atoms with Crippen molar-refractivity contribution in [2.24, 2.45) is 0 Å². The van der Waals surface area contributed by atoms with Crippen molar-refractivity contribution in [3.05, 3.63) is 49.9 Å². The van der Waals surface area contributed by atoms with Crippen LogP contribution in [0.4, 0.5) is 49.2 Å². The second-order valence-electron chi connectivity index (χ2n) is 5.32. The van der Waals surface area contributed by atoms with Crippen LogP contribution in [0.1, 0.15) is 11.1 Å². The summed E-state index contributed by atoms with van der Waals surface area (Å²) in [5.74, 6) is -0.638. The maximum Gasteiger partial charge on any atom is 0.418 e. The van der Waals surface area contributed by atoms with E-state index in [0.29, 0.717) is 12.3 Å². The van der Waals surface area contributed by atoms with Crippen LogP contribution in [0.3, 0.4) is 0 Å². The van der Waals surface area contributed by atoms with Crippen LogP contribution in [-0.4, -0.2) is 15.4 Å². The maximum atomic E-state index is 13.1. The molecule has 0 aliphatic heterocycles. The Balaban J connectivity index is 2.71. The van der Waals surface area contributed by atoms with Gasteiger partial charge in [-0.05, 0) is 6.07 Å². The second-order valence-corrected chi connectivity index (χ2v) is 6.11. The fraction of sp³-hybridized carbons (Fsp3) is 0.154. The molecule has 2 atom stereocenters. The molecule has 1 aromatic heterocycles. The summed E-state index contributed by atoms with van der Waals surface area (Å²) in [6.45, 7) is 0. The van der Waals surface area contributed by atoms with Gasteiger partial charge in [0.05, 0.1) is 16.1 Å². The van der Waals surface area contributed by atoms with Gasteiger partial charge in [0.15, 0.2) is 11.4 Å². The van der Waals surface area contributed by atoms with Crippen molar-refractivity contribution < 1.29 is 47.2 Å². The average Bonchev–Trinajstić information content (AvgIpc) is 2.53. The first-order valence-corrected chi connectivity index (χ1v) is 7.80. The molecule has 2 rings (SSSR count). The molecular formula is C13H8Cl2F6N4O4. The minimum atomic E-state index is -5.19. The molecule has 0 saturated carbocycles. The van der Waals surface area contributed by atoms with Crippen LogP contribution < -0.4 is 15.8 Å². The monoisotopic (exact) mass is 468 g/mol. The highest BCUT2D eigenvalue weighted by Crippen LogP contribution is 2.44. The molecule has 1 heterocycles. The standard InChI is InChI=1S/C13H8Cl2F6N4O4/c14-6-1-4(12(16,17)18)3-22-11(6)23-9-7(24(26)27)2-5(13(19,20)21)8(15)10(9)25(28)29/h1-3,24-26,28H,(H,22,23). The maximum absolute atomic E-state index is 13.1. The predicted octanol–water partition coefficient (Wildman–Crippen LogP) is 2.98. The topological polar surface area (TPSA) is 120 Å². The molecule has 0 amide bonds. The van der Waals surface area contributed by atoms with E-state index in [0.717, 1.165) is 0 Å². The van der Waals surface area contributed by atoms with Gasteiger partial charge in [0, 0.05) is 12.3 Å². The van der Waals surface area contributed by atoms with Gasteiger partial charge in [-0.1, -0.05) is 23.2 Å². The number of quaternary nitrogens is 2. The zero-order valence-corrected chi connectivity index (χ0v) is 14.9. The SMILES string of the molecule is [O-][NH+](O)c1cc(C(F)(F)F)c(Cl)c([NH+]([O-])O)c1Nc1ncc(C(F)(F)F)cc1Cl. The number of nitrogens with one attached hydrogen (secondary N) is 3. The van der Waals surface area contributed by atoms with Gasteiger partial charge in [-0.3, -0.25) is 0 Å². The minimum Gasteiger partial charge on any atom is -0.595 e. The Hall–Kier alpha value is -1.91. The Bertz CT molecular complexity index is 924. The first-order chi connectivity index (χ1) is 13.1. The van der Waals surface area contributed by atoms with E-state index in [1.165, 1.54) is 0 Å². The van der Waals surface area contributed by atoms with Gasteiger partial charge in [0.1, 0.15) is 10.8 Å². The number of rotatable bonds is 4. The molecule has 0 spiro atoms. The predicted molar refractivity (Wildman–Crippen MR) is 85.5 cm³/mol. The van der Waals surface area contributed by atoms with E-state index in [4.69, 9.17) is 23.2 Å². The molecule has 2 aromatic rings. The third kappa shape index (κ3) is 4.99. The van der Waals surface area contributed by atoms with Crippen molar-refractivity contribution in [2.75, 3.05) is 5.32 Å². The molecule has 160 valence electrons. The van der Waals surface area contributed by atoms with Crippen molar-refractivity contribution >= 4 is 46.1 Å². The second kappa shape index (κ2) is 8.08. The zero-order chi connectivity index (χ0) is 22.3. The zero-order valence-electron chi connectivity index (χ0n) is 13.4. The van der Waals surface area contributed by atoms with Gasteiger partial charge in [-0.2, -0.15) is 36.8 Å². The van der Waals surface area contributed by atoms with E-state index in [1.807, 2.05) is 5.32 Å². The summed E-state index contributed by atoms with van der Waals surface area (Å²) in [5, 5.41) is 37.3. The Morgan fingerprint density at radius 2 is 1.55 bits per heavy atom. The number of nitrogens with zero attached hydrogens (tertiary/aromatic N) is 1. The summed E-state index contributed by atoms with van der Waals surface area (Å²) in [7, 11) is 0. The summed E-state index contributed by atoms with van der Waals surface area (Å²) < 4.78 is 77.3. The average molecular weight is 469 g/mol. The van der Waals surface area contributed by atoms with Gasteiger partial charge in [0.25, 0.3) is 0 Å². The fourth-order valence-corrected chi connectivity index (χ4v) is 2.72. The van der Waals surface area contributed by atoms with Gasteiger partial charge in [0.2, 0.25) is 5.69 Å². The van der Waals surface area contributed by atoms with Crippen LogP contribution in [-0.2, 0) is 12.4 Å². The molecule has 5 N–H and O–H groups in total. The molecule has 29 heavy (non-hydrogen) atoms. The van der Waals surface area contributed by atoms with Crippen LogP contribution in [0.15, 0.2) is 18.3 Å². The molecule has 0 aliphatic carbocycles. The van der Waals surface area contributed by atoms with Gasteiger partial charge in [-0.25, -0.2) is 15.4 Å². The highest BCUT2D eigenvalue weighted by molar-refractivity contribution is 6.35. The number of alkyl halides is 6. The van der Waals surface area contributed by atoms with Gasteiger partial charge >= 0.3 is 12.4 Å². The molecular weight excluding hydrogens is 461 g/mol. The number of halogens is 8. The number of hydrogen-bond donors (Lipinski definition) is 5. The van der Waals surface area contributed by atoms with Crippen molar-refractivity contribution in [1.29, 1.82) is 0 Å². The molecule has 8 nitrogen and oxygen atoms in total. The highest BCUT2D eigenvalue weighted by atomic mass is 35.5. The highest BCUT2D eigenvalue weighted by Gasteiger charge is 2.40. The summed E-state index contributed by atoms with van der Waals surface area (Å²) in [6.07, 6.45) is -9.69. The first kappa shape index (κ1) is 23.4. The molecule has 0 bridgehead atoms. The first-order valence-electron chi connectivity index (χ1n) is 7.04. The summed E-state index contributed by atoms with van der Waals surface area (Å²) in [4.78, 5) is 3.33. The van der Waals surface area contributed by atoms with Crippen molar-refractivity contribution in [2.45, 2.75) is 12.4 Å². The van der Waals surface area contributed by atoms with E-state index in [2.05, 4.69) is 4.98 Å². The Kier molecular flexibility index (Phi) is 6.51. The lowest BCUT2D eigenvalue weighted by atomic mass is 10.1. The van der Waals surface area contributed by atoms with E-state index in [-0.39, 0.29) is 6.07 Å². The molecule has 0 radical (unpaired) electrons. The van der Waals surface area contributed by atoms with E-state index in [1.54, 1.807) is 0 Å². The lowest BCUT2D eigenvalue weighted by Crippen LogP contribution is -3.01. The number of anilines is 2. The Morgan fingerprint density at radius 3 is 1.97 bits per heavy atom. The smallest absolute Gasteiger partial charge is 0.418 e. The summed E-state index contributed by atoms with van der Waals surface area (Å²) in [5.41, 5.74) is -6.40. The van der Waals surface area contributed by atoms with Gasteiger partial charge < -0.3 is 15.7 Å². The molecule has 0 saturated heterocycles. The van der Waals surface area contributed by atoms with Crippen LogP contribution in [0.5, 0.6) is 0 Å². The van der Waals surface area contributed by atoms with Crippen LogP contribution in [0.2, 0.25) is 10.0 Å². The molecule has 16 heteroatoms.